The molecule has 39 heavy (non-hydrogen) atoms. The highest BCUT2D eigenvalue weighted by atomic mass is 32.1. The molecular weight excluding hydrogens is 520 g/mol. The number of nitrogens with zero attached hydrogens (tertiary/aromatic N) is 1. The van der Waals surface area contributed by atoms with Crippen LogP contribution in [0, 0.1) is 5.92 Å². The average Bonchev–Trinajstić information content (AvgIpc) is 3.55. The van der Waals surface area contributed by atoms with Gasteiger partial charge in [0.25, 0.3) is 0 Å². The summed E-state index contributed by atoms with van der Waals surface area (Å²) >= 11 is 0. The summed E-state index contributed by atoms with van der Waals surface area (Å²) in [5.74, 6) is -0.624. The third kappa shape index (κ3) is 3.42. The molecule has 2 unspecified atom stereocenters. The number of carbonyl (C=O) groups is 2. The van der Waals surface area contributed by atoms with E-state index in [0.717, 1.165) is 16.7 Å². The molecule has 0 aliphatic carbocycles. The molecule has 7 rings (SSSR count). The van der Waals surface area contributed by atoms with E-state index in [4.69, 9.17) is 4.74 Å². The number of hydrogen-bond acceptors (Lipinski definition) is 3. The number of carbonyl (C=O) groups excluding carboxylic acids is 2. The van der Waals surface area contributed by atoms with Gasteiger partial charge < -0.3 is 4.74 Å². The smallest absolute Gasteiger partial charge is 0.242 e. The third-order valence-corrected chi connectivity index (χ3v) is 16.9. The van der Waals surface area contributed by atoms with Crippen LogP contribution in [0.2, 0.25) is 0 Å². The van der Waals surface area contributed by atoms with Gasteiger partial charge in [0, 0.05) is 7.11 Å². The van der Waals surface area contributed by atoms with Crippen LogP contribution in [-0.4, -0.2) is 30.9 Å². The predicted octanol–water partition coefficient (Wildman–Crippen LogP) is 7.52. The van der Waals surface area contributed by atoms with E-state index in [9.17, 15) is 9.59 Å². The molecule has 2 saturated heterocycles. The van der Waals surface area contributed by atoms with Crippen LogP contribution >= 0.6 is 15.2 Å². The van der Waals surface area contributed by atoms with E-state index in [1.54, 1.807) is 7.11 Å². The molecule has 6 heteroatoms. The van der Waals surface area contributed by atoms with E-state index < -0.39 is 26.3 Å². The molecule has 2 bridgehead atoms. The van der Waals surface area contributed by atoms with Crippen molar-refractivity contribution in [3.63, 3.8) is 0 Å². The Morgan fingerprint density at radius 2 is 1.26 bits per heavy atom. The van der Waals surface area contributed by atoms with Gasteiger partial charge in [-0.05, 0) is 54.9 Å². The van der Waals surface area contributed by atoms with E-state index in [0.29, 0.717) is 12.0 Å². The Morgan fingerprint density at radius 3 is 1.85 bits per heavy atom. The molecule has 2 amide bonds. The molecule has 0 saturated carbocycles. The van der Waals surface area contributed by atoms with Crippen molar-refractivity contribution in [3.05, 3.63) is 138 Å². The first-order valence-corrected chi connectivity index (χ1v) is 16.7. The van der Waals surface area contributed by atoms with Gasteiger partial charge in [-0.3, -0.25) is 9.59 Å². The average molecular weight is 548 g/mol. The van der Waals surface area contributed by atoms with Crippen molar-refractivity contribution >= 4 is 43.6 Å². The maximum atomic E-state index is 14.6. The quantitative estimate of drug-likeness (QED) is 0.185. The molecule has 0 N–H and O–H groups in total. The zero-order valence-corrected chi connectivity index (χ0v) is 23.3. The fraction of sp³-hybridized carbons (Fsp3) is 0.152. The van der Waals surface area contributed by atoms with Gasteiger partial charge in [-0.2, -0.15) is 0 Å². The van der Waals surface area contributed by atoms with Crippen LogP contribution < -0.4 is 4.90 Å². The summed E-state index contributed by atoms with van der Waals surface area (Å²) in [6.07, 6.45) is 0.543. The molecule has 0 radical (unpaired) electrons. The first-order chi connectivity index (χ1) is 19.2. The van der Waals surface area contributed by atoms with Gasteiger partial charge in [0.15, 0.2) is 0 Å². The van der Waals surface area contributed by atoms with Crippen LogP contribution in [0.1, 0.15) is 16.7 Å². The number of benzene rings is 4. The lowest BCUT2D eigenvalue weighted by Gasteiger charge is -2.40. The van der Waals surface area contributed by atoms with Gasteiger partial charge in [-0.25, -0.2) is 4.90 Å². The highest BCUT2D eigenvalue weighted by Gasteiger charge is 2.75. The SMILES string of the molecule is COCP1P2C(c3ccccc3)=C(c3ccccc3)[C@]1(c1ccccc1)[C@@H]1C(=O)N(c3ccccc3)C(=O)[C@@H]12. The molecule has 0 aromatic heterocycles. The highest BCUT2D eigenvalue weighted by molar-refractivity contribution is 8.36. The monoisotopic (exact) mass is 547 g/mol. The largest absolute Gasteiger partial charge is 0.380 e. The van der Waals surface area contributed by atoms with Crippen LogP contribution in [-0.2, 0) is 19.5 Å². The van der Waals surface area contributed by atoms with Crippen LogP contribution in [0.3, 0.4) is 0 Å². The maximum absolute atomic E-state index is 14.6. The molecule has 4 nitrogen and oxygen atoms in total. The van der Waals surface area contributed by atoms with Gasteiger partial charge in [0.05, 0.1) is 28.8 Å². The number of fused-ring (bicyclic) bond motifs is 5. The zero-order chi connectivity index (χ0) is 26.6. The Morgan fingerprint density at radius 1 is 0.718 bits per heavy atom. The van der Waals surface area contributed by atoms with Crippen molar-refractivity contribution in [2.75, 3.05) is 18.4 Å². The number of amides is 2. The third-order valence-electron chi connectivity index (χ3n) is 8.09. The minimum atomic E-state index is -1.03. The van der Waals surface area contributed by atoms with Crippen LogP contribution in [0.15, 0.2) is 121 Å². The number of para-hydroxylation sites is 1. The number of allylic oxidation sites excluding steroid dienone is 1. The summed E-state index contributed by atoms with van der Waals surface area (Å²) < 4.78 is 5.95. The number of rotatable bonds is 6. The number of imide groups is 1. The Kier molecular flexibility index (Phi) is 6.09. The minimum Gasteiger partial charge on any atom is -0.380 e. The maximum Gasteiger partial charge on any atom is 0.242 e. The Labute approximate surface area is 230 Å². The van der Waals surface area contributed by atoms with Crippen LogP contribution in [0.4, 0.5) is 5.69 Å². The second kappa shape index (κ2) is 9.65. The topological polar surface area (TPSA) is 46.6 Å². The van der Waals surface area contributed by atoms with Crippen molar-refractivity contribution in [2.45, 2.75) is 10.8 Å². The normalized spacial score (nSPS) is 27.4. The first kappa shape index (κ1) is 24.6. The number of anilines is 1. The summed E-state index contributed by atoms with van der Waals surface area (Å²) in [6.45, 7) is 0. The summed E-state index contributed by atoms with van der Waals surface area (Å²) in [6, 6.07) is 40.8. The molecule has 4 aromatic rings. The highest BCUT2D eigenvalue weighted by Crippen LogP contribution is 3.00. The summed E-state index contributed by atoms with van der Waals surface area (Å²) in [4.78, 5) is 30.5. The van der Waals surface area contributed by atoms with Crippen molar-refractivity contribution in [1.82, 2.24) is 0 Å². The molecule has 5 atom stereocenters. The summed E-state index contributed by atoms with van der Waals surface area (Å²) in [5, 5.41) is 0.618. The molecule has 3 heterocycles. The molecule has 4 aromatic carbocycles. The number of hydrogen-bond donors (Lipinski definition) is 0. The number of methoxy groups -OCH3 is 1. The molecule has 2 fully saturated rings. The summed E-state index contributed by atoms with van der Waals surface area (Å²) in [7, 11) is -0.201. The van der Waals surface area contributed by atoms with Crippen molar-refractivity contribution in [3.8, 4) is 0 Å². The van der Waals surface area contributed by atoms with Gasteiger partial charge >= 0.3 is 0 Å². The molecule has 192 valence electrons. The lowest BCUT2D eigenvalue weighted by molar-refractivity contribution is -0.122. The second-order valence-corrected chi connectivity index (χ2v) is 16.2. The predicted molar refractivity (Wildman–Crippen MR) is 160 cm³/mol. The molecule has 3 aliphatic rings. The van der Waals surface area contributed by atoms with Crippen molar-refractivity contribution < 1.29 is 14.3 Å². The number of ether oxygens (including phenoxy) is 1. The van der Waals surface area contributed by atoms with Crippen LogP contribution in [0.5, 0.6) is 0 Å². The molecule has 0 spiro atoms. The fourth-order valence-corrected chi connectivity index (χ4v) is 17.8. The first-order valence-electron chi connectivity index (χ1n) is 13.1. The summed E-state index contributed by atoms with van der Waals surface area (Å²) in [5.41, 5.74) is 4.84. The van der Waals surface area contributed by atoms with Gasteiger partial charge in [-0.15, -0.1) is 0 Å². The van der Waals surface area contributed by atoms with E-state index in [1.165, 1.54) is 15.8 Å². The fourth-order valence-electron chi connectivity index (χ4n) is 6.75. The van der Waals surface area contributed by atoms with Gasteiger partial charge in [0.1, 0.15) is 0 Å². The van der Waals surface area contributed by atoms with E-state index in [-0.39, 0.29) is 17.5 Å². The standard InChI is InChI=1S/C33H27NO3P2/c1-37-22-38-33(25-18-10-4-11-19-25)27(23-14-6-2-7-15-23)29(24-16-8-3-9-17-24)39(38)30-28(33)31(35)34(32(30)36)26-20-12-5-13-21-26/h2-21,28,30H,22H2,1H3/t28-,30+,33+,38?,39?/m0/s1. The van der Waals surface area contributed by atoms with Crippen molar-refractivity contribution in [2.24, 2.45) is 5.92 Å². The van der Waals surface area contributed by atoms with Crippen LogP contribution in [0.25, 0.3) is 10.9 Å². The lowest BCUT2D eigenvalue weighted by atomic mass is 9.74. The molecular formula is C33H27NO3P2. The van der Waals surface area contributed by atoms with Gasteiger partial charge in [-0.1, -0.05) is 109 Å². The Balaban J connectivity index is 1.58. The van der Waals surface area contributed by atoms with E-state index in [2.05, 4.69) is 72.8 Å². The Hall–Kier alpha value is -3.42. The zero-order valence-electron chi connectivity index (χ0n) is 21.5. The van der Waals surface area contributed by atoms with Gasteiger partial charge in [0.2, 0.25) is 11.8 Å². The van der Waals surface area contributed by atoms with Crippen molar-refractivity contribution in [1.29, 1.82) is 0 Å². The second-order valence-electron chi connectivity index (χ2n) is 10.0. The lowest BCUT2D eigenvalue weighted by Crippen LogP contribution is -2.40. The molecule has 3 aliphatic heterocycles. The Bertz CT molecular complexity index is 1580. The van der Waals surface area contributed by atoms with E-state index in [1.807, 2.05) is 48.5 Å². The minimum absolute atomic E-state index is 0.0655. The van der Waals surface area contributed by atoms with E-state index >= 15 is 0 Å².